The Morgan fingerprint density at radius 1 is 1.08 bits per heavy atom. The van der Waals surface area contributed by atoms with E-state index in [1.54, 1.807) is 13.0 Å². The fourth-order valence-electron chi connectivity index (χ4n) is 2.84. The van der Waals surface area contributed by atoms with Gasteiger partial charge >= 0.3 is 0 Å². The van der Waals surface area contributed by atoms with Crippen molar-refractivity contribution in [3.05, 3.63) is 46.7 Å². The van der Waals surface area contributed by atoms with E-state index in [1.807, 2.05) is 40.6 Å². The lowest BCUT2D eigenvalue weighted by Crippen LogP contribution is -2.48. The maximum Gasteiger partial charge on any atom is 0.267 e. The minimum Gasteiger partial charge on any atom is -0.366 e. The summed E-state index contributed by atoms with van der Waals surface area (Å²) in [4.78, 5) is 28.3. The van der Waals surface area contributed by atoms with Crippen LogP contribution in [0.25, 0.3) is 0 Å². The summed E-state index contributed by atoms with van der Waals surface area (Å²) in [6, 6.07) is 11.4. The first-order valence-corrected chi connectivity index (χ1v) is 9.58. The van der Waals surface area contributed by atoms with Crippen molar-refractivity contribution in [3.8, 4) is 0 Å². The summed E-state index contributed by atoms with van der Waals surface area (Å²) < 4.78 is 0. The zero-order valence-electron chi connectivity index (χ0n) is 14.4. The second-order valence-corrected chi connectivity index (χ2v) is 7.25. The Hall–Kier alpha value is -2.45. The van der Waals surface area contributed by atoms with E-state index in [1.165, 1.54) is 11.3 Å². The highest BCUT2D eigenvalue weighted by atomic mass is 32.1. The lowest BCUT2D eigenvalue weighted by Gasteiger charge is -2.36. The smallest absolute Gasteiger partial charge is 0.267 e. The van der Waals surface area contributed by atoms with Crippen LogP contribution in [-0.4, -0.2) is 48.0 Å². The van der Waals surface area contributed by atoms with E-state index < -0.39 is 0 Å². The second kappa shape index (κ2) is 8.29. The molecule has 1 aliphatic heterocycles. The summed E-state index contributed by atoms with van der Waals surface area (Å²) >= 11 is 6.66. The number of carbonyl (C=O) groups excluding carboxylic acids is 2. The fraction of sp³-hybridized carbons (Fsp3) is 0.278. The van der Waals surface area contributed by atoms with Crippen molar-refractivity contribution in [2.45, 2.75) is 6.92 Å². The second-order valence-electron chi connectivity index (χ2n) is 5.90. The molecule has 8 heteroatoms. The zero-order chi connectivity index (χ0) is 18.5. The molecule has 0 atom stereocenters. The van der Waals surface area contributed by atoms with E-state index in [2.05, 4.69) is 15.5 Å². The third-order valence-electron chi connectivity index (χ3n) is 4.19. The molecule has 26 heavy (non-hydrogen) atoms. The zero-order valence-corrected chi connectivity index (χ0v) is 16.0. The number of piperazine rings is 1. The maximum atomic E-state index is 12.1. The summed E-state index contributed by atoms with van der Waals surface area (Å²) in [5, 5.41) is 7.93. The Morgan fingerprint density at radius 2 is 1.81 bits per heavy atom. The van der Waals surface area contributed by atoms with Crippen LogP contribution in [0.1, 0.15) is 16.6 Å². The lowest BCUT2D eigenvalue weighted by atomic mass is 10.2. The number of para-hydroxylation sites is 2. The van der Waals surface area contributed by atoms with Gasteiger partial charge in [0.1, 0.15) is 0 Å². The number of nitrogens with zero attached hydrogens (tertiary/aromatic N) is 2. The molecule has 1 saturated heterocycles. The third kappa shape index (κ3) is 4.39. The number of anilines is 2. The monoisotopic (exact) mass is 388 g/mol. The molecule has 2 N–H and O–H groups in total. The van der Waals surface area contributed by atoms with Gasteiger partial charge in [0.25, 0.3) is 5.91 Å². The molecule has 1 fully saturated rings. The van der Waals surface area contributed by atoms with E-state index in [0.29, 0.717) is 18.0 Å². The molecule has 2 heterocycles. The van der Waals surface area contributed by atoms with Gasteiger partial charge in [0.15, 0.2) is 5.11 Å². The minimum absolute atomic E-state index is 0.105. The predicted octanol–water partition coefficient (Wildman–Crippen LogP) is 2.54. The SMILES string of the molecule is CC(=O)N1CCN(c2ccccc2NC(=S)NC(=O)c2cccs2)CC1. The van der Waals surface area contributed by atoms with Gasteiger partial charge < -0.3 is 15.1 Å². The lowest BCUT2D eigenvalue weighted by molar-refractivity contribution is -0.129. The predicted molar refractivity (Wildman–Crippen MR) is 109 cm³/mol. The van der Waals surface area contributed by atoms with Crippen molar-refractivity contribution in [2.24, 2.45) is 0 Å². The van der Waals surface area contributed by atoms with Crippen LogP contribution in [0.15, 0.2) is 41.8 Å². The van der Waals surface area contributed by atoms with Crippen LogP contribution in [0, 0.1) is 0 Å². The Morgan fingerprint density at radius 3 is 2.46 bits per heavy atom. The number of thiophene rings is 1. The maximum absolute atomic E-state index is 12.1. The Kier molecular flexibility index (Phi) is 5.85. The summed E-state index contributed by atoms with van der Waals surface area (Å²) in [6.45, 7) is 4.51. The van der Waals surface area contributed by atoms with Crippen LogP contribution in [-0.2, 0) is 4.79 Å². The third-order valence-corrected chi connectivity index (χ3v) is 5.26. The van der Waals surface area contributed by atoms with Gasteiger partial charge in [0.2, 0.25) is 5.91 Å². The molecule has 1 aliphatic rings. The highest BCUT2D eigenvalue weighted by Crippen LogP contribution is 2.26. The number of hydrogen-bond acceptors (Lipinski definition) is 5. The van der Waals surface area contributed by atoms with E-state index in [9.17, 15) is 9.59 Å². The van der Waals surface area contributed by atoms with Gasteiger partial charge in [-0.1, -0.05) is 18.2 Å². The summed E-state index contributed by atoms with van der Waals surface area (Å²) in [6.07, 6.45) is 0. The average molecular weight is 389 g/mol. The van der Waals surface area contributed by atoms with Crippen molar-refractivity contribution >= 4 is 51.9 Å². The van der Waals surface area contributed by atoms with Gasteiger partial charge in [0.05, 0.1) is 16.3 Å². The molecule has 2 aromatic rings. The molecule has 1 aromatic heterocycles. The van der Waals surface area contributed by atoms with Crippen molar-refractivity contribution in [3.63, 3.8) is 0 Å². The fourth-order valence-corrected chi connectivity index (χ4v) is 3.66. The van der Waals surface area contributed by atoms with E-state index in [-0.39, 0.29) is 16.9 Å². The molecule has 2 amide bonds. The topological polar surface area (TPSA) is 64.7 Å². The first-order valence-electron chi connectivity index (χ1n) is 8.30. The van der Waals surface area contributed by atoms with Crippen LogP contribution in [0.5, 0.6) is 0 Å². The van der Waals surface area contributed by atoms with Crippen LogP contribution < -0.4 is 15.5 Å². The Balaban J connectivity index is 1.65. The van der Waals surface area contributed by atoms with Gasteiger partial charge in [-0.05, 0) is 35.8 Å². The van der Waals surface area contributed by atoms with Crippen LogP contribution in [0.2, 0.25) is 0 Å². The number of nitrogens with one attached hydrogen (secondary N) is 2. The van der Waals surface area contributed by atoms with E-state index in [0.717, 1.165) is 24.5 Å². The Bertz CT molecular complexity index is 799. The van der Waals surface area contributed by atoms with Crippen LogP contribution in [0.3, 0.4) is 0 Å². The standard InChI is InChI=1S/C18H20N4O2S2/c1-13(23)21-8-10-22(11-9-21)15-6-3-2-5-14(15)19-18(25)20-17(24)16-7-4-12-26-16/h2-7,12H,8-11H2,1H3,(H2,19,20,24,25). The first-order chi connectivity index (χ1) is 12.5. The number of thiocarbonyl (C=S) groups is 1. The quantitative estimate of drug-likeness (QED) is 0.791. The van der Waals surface area contributed by atoms with Crippen LogP contribution >= 0.6 is 23.6 Å². The number of amides is 2. The van der Waals surface area contributed by atoms with E-state index in [4.69, 9.17) is 12.2 Å². The molecule has 0 unspecified atom stereocenters. The molecule has 136 valence electrons. The van der Waals surface area contributed by atoms with Gasteiger partial charge in [-0.25, -0.2) is 0 Å². The number of hydrogen-bond donors (Lipinski definition) is 2. The molecular formula is C18H20N4O2S2. The van der Waals surface area contributed by atoms with Crippen LogP contribution in [0.4, 0.5) is 11.4 Å². The molecule has 0 saturated carbocycles. The number of carbonyl (C=O) groups is 2. The molecule has 1 aromatic carbocycles. The van der Waals surface area contributed by atoms with Crippen molar-refractivity contribution < 1.29 is 9.59 Å². The summed E-state index contributed by atoms with van der Waals surface area (Å²) in [5.41, 5.74) is 1.84. The minimum atomic E-state index is -0.218. The molecule has 6 nitrogen and oxygen atoms in total. The van der Waals surface area contributed by atoms with Gasteiger partial charge in [-0.2, -0.15) is 0 Å². The van der Waals surface area contributed by atoms with Crippen molar-refractivity contribution in [1.29, 1.82) is 0 Å². The summed E-state index contributed by atoms with van der Waals surface area (Å²) in [7, 11) is 0. The first kappa shape index (κ1) is 18.3. The molecule has 0 bridgehead atoms. The van der Waals surface area contributed by atoms with Crippen molar-refractivity contribution in [1.82, 2.24) is 10.2 Å². The molecular weight excluding hydrogens is 368 g/mol. The van der Waals surface area contributed by atoms with Gasteiger partial charge in [0, 0.05) is 33.1 Å². The largest absolute Gasteiger partial charge is 0.366 e. The molecule has 3 rings (SSSR count). The van der Waals surface area contributed by atoms with Crippen molar-refractivity contribution in [2.75, 3.05) is 36.4 Å². The Labute approximate surface area is 161 Å². The summed E-state index contributed by atoms with van der Waals surface area (Å²) in [5.74, 6) is -0.112. The molecule has 0 aliphatic carbocycles. The van der Waals surface area contributed by atoms with Gasteiger partial charge in [-0.3, -0.25) is 14.9 Å². The highest BCUT2D eigenvalue weighted by molar-refractivity contribution is 7.80. The average Bonchev–Trinajstić information content (AvgIpc) is 3.17. The molecule has 0 spiro atoms. The molecule has 0 radical (unpaired) electrons. The normalized spacial score (nSPS) is 14.0. The number of rotatable bonds is 3. The number of benzene rings is 1. The van der Waals surface area contributed by atoms with Gasteiger partial charge in [-0.15, -0.1) is 11.3 Å². The van der Waals surface area contributed by atoms with E-state index >= 15 is 0 Å². The highest BCUT2D eigenvalue weighted by Gasteiger charge is 2.20.